The third-order valence-corrected chi connectivity index (χ3v) is 9.69. The molecule has 1 saturated carbocycles. The van der Waals surface area contributed by atoms with Crippen LogP contribution in [0.1, 0.15) is 45.1 Å². The summed E-state index contributed by atoms with van der Waals surface area (Å²) in [5, 5.41) is 3.88. The number of nitrogens with one attached hydrogen (secondary N) is 1. The maximum Gasteiger partial charge on any atom is 0.264 e. The molecule has 11 heteroatoms. The molecule has 42 heavy (non-hydrogen) atoms. The Balaban J connectivity index is 1.69. The Morgan fingerprint density at radius 2 is 1.62 bits per heavy atom. The molecule has 0 saturated heterocycles. The molecule has 4 rings (SSSR count). The van der Waals surface area contributed by atoms with Crippen molar-refractivity contribution in [2.24, 2.45) is 0 Å². The summed E-state index contributed by atoms with van der Waals surface area (Å²) in [7, 11) is -4.21. The second kappa shape index (κ2) is 14.3. The number of carbonyl (C=O) groups excluding carboxylic acids is 2. The number of nitrogens with zero attached hydrogens (tertiary/aromatic N) is 2. The minimum Gasteiger partial charge on any atom is -0.494 e. The second-order valence-corrected chi connectivity index (χ2v) is 12.9. The van der Waals surface area contributed by atoms with Crippen LogP contribution in [-0.4, -0.2) is 50.4 Å². The molecule has 1 N–H and O–H groups in total. The summed E-state index contributed by atoms with van der Waals surface area (Å²) in [6.07, 6.45) is 3.87. The number of halogens is 2. The summed E-state index contributed by atoms with van der Waals surface area (Å²) in [5.41, 5.74) is 0.906. The van der Waals surface area contributed by atoms with Crippen molar-refractivity contribution in [3.05, 3.63) is 88.4 Å². The molecule has 0 aromatic heterocycles. The minimum absolute atomic E-state index is 0.0237. The van der Waals surface area contributed by atoms with Crippen LogP contribution in [0.25, 0.3) is 0 Å². The SMILES string of the molecule is CCOc1ccc(N(CC(=O)N(Cc2ccccc2Cl)C(C)C(=O)NC2CCCC2)S(=O)(=O)c2ccc(Cl)cc2)cc1. The van der Waals surface area contributed by atoms with Gasteiger partial charge in [0.1, 0.15) is 18.3 Å². The van der Waals surface area contributed by atoms with Crippen LogP contribution in [0.15, 0.2) is 77.7 Å². The number of carbonyl (C=O) groups is 2. The zero-order valence-electron chi connectivity index (χ0n) is 23.6. The normalized spacial score (nSPS) is 14.3. The molecule has 3 aromatic carbocycles. The molecule has 0 spiro atoms. The van der Waals surface area contributed by atoms with Gasteiger partial charge in [0.25, 0.3) is 10.0 Å². The highest BCUT2D eigenvalue weighted by Gasteiger charge is 2.33. The molecule has 0 bridgehead atoms. The monoisotopic (exact) mass is 631 g/mol. The van der Waals surface area contributed by atoms with E-state index in [2.05, 4.69) is 5.32 Å². The fourth-order valence-electron chi connectivity index (χ4n) is 4.92. The summed E-state index contributed by atoms with van der Waals surface area (Å²) in [4.78, 5) is 28.8. The van der Waals surface area contributed by atoms with E-state index in [1.54, 1.807) is 55.5 Å². The fraction of sp³-hybridized carbons (Fsp3) is 0.355. The van der Waals surface area contributed by atoms with Gasteiger partial charge in [-0.05, 0) is 86.8 Å². The van der Waals surface area contributed by atoms with E-state index in [1.807, 2.05) is 6.92 Å². The first-order chi connectivity index (χ1) is 20.1. The van der Waals surface area contributed by atoms with E-state index in [4.69, 9.17) is 27.9 Å². The van der Waals surface area contributed by atoms with Crippen LogP contribution in [0.2, 0.25) is 10.0 Å². The molecule has 3 aromatic rings. The Kier molecular flexibility index (Phi) is 10.8. The molecule has 224 valence electrons. The van der Waals surface area contributed by atoms with Crippen molar-refractivity contribution in [2.75, 3.05) is 17.5 Å². The van der Waals surface area contributed by atoms with E-state index in [0.717, 1.165) is 30.0 Å². The minimum atomic E-state index is -4.21. The third-order valence-electron chi connectivity index (χ3n) is 7.28. The van der Waals surface area contributed by atoms with E-state index in [0.29, 0.717) is 28.0 Å². The van der Waals surface area contributed by atoms with E-state index in [9.17, 15) is 18.0 Å². The van der Waals surface area contributed by atoms with E-state index >= 15 is 0 Å². The average molecular weight is 633 g/mol. The Hall–Kier alpha value is -3.27. The molecule has 0 aliphatic heterocycles. The van der Waals surface area contributed by atoms with Crippen molar-refractivity contribution in [1.29, 1.82) is 0 Å². The summed E-state index contributed by atoms with van der Waals surface area (Å²) < 4.78 is 34.4. The zero-order chi connectivity index (χ0) is 30.3. The number of hydrogen-bond acceptors (Lipinski definition) is 5. The van der Waals surface area contributed by atoms with E-state index in [1.165, 1.54) is 29.2 Å². The lowest BCUT2D eigenvalue weighted by molar-refractivity contribution is -0.139. The molecule has 0 radical (unpaired) electrons. The van der Waals surface area contributed by atoms with Gasteiger partial charge in [-0.15, -0.1) is 0 Å². The van der Waals surface area contributed by atoms with Gasteiger partial charge in [0.15, 0.2) is 0 Å². The lowest BCUT2D eigenvalue weighted by atomic mass is 10.1. The molecule has 2 amide bonds. The predicted octanol–water partition coefficient (Wildman–Crippen LogP) is 6.06. The van der Waals surface area contributed by atoms with Crippen LogP contribution in [0.3, 0.4) is 0 Å². The highest BCUT2D eigenvalue weighted by Crippen LogP contribution is 2.28. The van der Waals surface area contributed by atoms with E-state index in [-0.39, 0.29) is 29.1 Å². The number of amides is 2. The van der Waals surface area contributed by atoms with Crippen LogP contribution in [0, 0.1) is 0 Å². The van der Waals surface area contributed by atoms with Crippen LogP contribution in [0.5, 0.6) is 5.75 Å². The van der Waals surface area contributed by atoms with Gasteiger partial charge >= 0.3 is 0 Å². The molecule has 8 nitrogen and oxygen atoms in total. The maximum absolute atomic E-state index is 14.1. The fourth-order valence-corrected chi connectivity index (χ4v) is 6.66. The van der Waals surface area contributed by atoms with Crippen molar-refractivity contribution >= 4 is 50.7 Å². The number of benzene rings is 3. The molecular weight excluding hydrogens is 597 g/mol. The van der Waals surface area contributed by atoms with Crippen molar-refractivity contribution in [3.63, 3.8) is 0 Å². The predicted molar refractivity (Wildman–Crippen MR) is 165 cm³/mol. The van der Waals surface area contributed by atoms with Gasteiger partial charge in [-0.2, -0.15) is 0 Å². The highest BCUT2D eigenvalue weighted by molar-refractivity contribution is 7.92. The summed E-state index contributed by atoms with van der Waals surface area (Å²) in [6, 6.07) is 18.4. The van der Waals surface area contributed by atoms with E-state index < -0.39 is 28.5 Å². The summed E-state index contributed by atoms with van der Waals surface area (Å²) >= 11 is 12.4. The molecule has 1 aliphatic carbocycles. The second-order valence-electron chi connectivity index (χ2n) is 10.2. The smallest absolute Gasteiger partial charge is 0.264 e. The quantitative estimate of drug-likeness (QED) is 0.262. The Bertz CT molecular complexity index is 1480. The number of anilines is 1. The average Bonchev–Trinajstić information content (AvgIpc) is 3.49. The number of hydrogen-bond donors (Lipinski definition) is 1. The Morgan fingerprint density at radius 1 is 0.976 bits per heavy atom. The number of rotatable bonds is 12. The Labute approximate surface area is 257 Å². The van der Waals surface area contributed by atoms with Gasteiger partial charge in [-0.3, -0.25) is 13.9 Å². The summed E-state index contributed by atoms with van der Waals surface area (Å²) in [5.74, 6) is -0.292. The van der Waals surface area contributed by atoms with Gasteiger partial charge in [0.05, 0.1) is 17.2 Å². The van der Waals surface area contributed by atoms with Gasteiger partial charge < -0.3 is 15.0 Å². The van der Waals surface area contributed by atoms with Crippen molar-refractivity contribution < 1.29 is 22.7 Å². The Morgan fingerprint density at radius 3 is 2.24 bits per heavy atom. The molecule has 1 unspecified atom stereocenters. The van der Waals surface area contributed by atoms with Crippen molar-refractivity contribution in [1.82, 2.24) is 10.2 Å². The number of sulfonamides is 1. The first-order valence-electron chi connectivity index (χ1n) is 13.9. The molecular formula is C31H35Cl2N3O5S. The molecule has 1 aliphatic rings. The van der Waals surface area contributed by atoms with Crippen molar-refractivity contribution in [3.8, 4) is 5.75 Å². The standard InChI is InChI=1S/C31H35Cl2N3O5S/c1-3-41-27-16-14-26(15-17-27)36(42(39,40)28-18-12-24(32)13-19-28)21-30(37)35(20-23-8-4-7-11-29(23)33)22(2)31(38)34-25-9-5-6-10-25/h4,7-8,11-19,22,25H,3,5-6,9-10,20-21H2,1-2H3,(H,34,38). The van der Waals surface area contributed by atoms with Crippen LogP contribution in [-0.2, 0) is 26.2 Å². The number of ether oxygens (including phenoxy) is 1. The lowest BCUT2D eigenvalue weighted by Crippen LogP contribution is -2.52. The highest BCUT2D eigenvalue weighted by atomic mass is 35.5. The topological polar surface area (TPSA) is 96.0 Å². The molecule has 0 heterocycles. The largest absolute Gasteiger partial charge is 0.494 e. The molecule has 1 atom stereocenters. The lowest BCUT2D eigenvalue weighted by Gasteiger charge is -2.32. The third kappa shape index (κ3) is 7.76. The first kappa shape index (κ1) is 31.7. The first-order valence-corrected chi connectivity index (χ1v) is 16.1. The summed E-state index contributed by atoms with van der Waals surface area (Å²) in [6.45, 7) is 3.41. The van der Waals surface area contributed by atoms with Gasteiger partial charge in [-0.25, -0.2) is 8.42 Å². The molecule has 1 fully saturated rings. The van der Waals surface area contributed by atoms with Gasteiger partial charge in [0, 0.05) is 22.6 Å². The van der Waals surface area contributed by atoms with Gasteiger partial charge in [-0.1, -0.05) is 54.2 Å². The van der Waals surface area contributed by atoms with Crippen LogP contribution < -0.4 is 14.4 Å². The zero-order valence-corrected chi connectivity index (χ0v) is 26.0. The maximum atomic E-state index is 14.1. The van der Waals surface area contributed by atoms with Gasteiger partial charge in [0.2, 0.25) is 11.8 Å². The van der Waals surface area contributed by atoms with Crippen LogP contribution in [0.4, 0.5) is 5.69 Å². The van der Waals surface area contributed by atoms with Crippen molar-refractivity contribution in [2.45, 2.75) is 63.1 Å². The van der Waals surface area contributed by atoms with Crippen LogP contribution >= 0.6 is 23.2 Å².